The molecule has 0 aliphatic rings. The highest BCUT2D eigenvalue weighted by Gasteiger charge is 2.14. The van der Waals surface area contributed by atoms with Crippen LogP contribution in [0.2, 0.25) is 0 Å². The van der Waals surface area contributed by atoms with Crippen molar-refractivity contribution >= 4 is 23.4 Å². The topological polar surface area (TPSA) is 0 Å². The average molecular weight is 227 g/mol. The Morgan fingerprint density at radius 3 is 2.29 bits per heavy atom. The minimum Gasteiger partial charge on any atom is -0.0969 e. The summed E-state index contributed by atoms with van der Waals surface area (Å²) < 4.78 is 0. The molecule has 0 aromatic heterocycles. The standard InChI is InChI=1S/C12H15ClS/c1-12(2,3)11(13)9-14-10-7-5-4-6-8-10/h4-9H,1-3H3/b11-9-. The second-order valence-electron chi connectivity index (χ2n) is 4.15. The Morgan fingerprint density at radius 2 is 1.79 bits per heavy atom. The van der Waals surface area contributed by atoms with Crippen molar-refractivity contribution in [1.29, 1.82) is 0 Å². The summed E-state index contributed by atoms with van der Waals surface area (Å²) in [5.74, 6) is 0. The van der Waals surface area contributed by atoms with Crippen LogP contribution in [0.3, 0.4) is 0 Å². The molecule has 0 amide bonds. The number of halogens is 1. The molecule has 0 atom stereocenters. The van der Waals surface area contributed by atoms with Crippen molar-refractivity contribution in [2.75, 3.05) is 0 Å². The Morgan fingerprint density at radius 1 is 1.21 bits per heavy atom. The number of hydrogen-bond donors (Lipinski definition) is 0. The van der Waals surface area contributed by atoms with Crippen LogP contribution >= 0.6 is 23.4 Å². The summed E-state index contributed by atoms with van der Waals surface area (Å²) in [7, 11) is 0. The molecule has 0 unspecified atom stereocenters. The largest absolute Gasteiger partial charge is 0.0969 e. The zero-order valence-electron chi connectivity index (χ0n) is 8.75. The van der Waals surface area contributed by atoms with Crippen molar-refractivity contribution in [2.24, 2.45) is 5.41 Å². The van der Waals surface area contributed by atoms with Crippen LogP contribution in [0.25, 0.3) is 0 Å². The lowest BCUT2D eigenvalue weighted by atomic mass is 9.97. The van der Waals surface area contributed by atoms with Gasteiger partial charge in [0.05, 0.1) is 0 Å². The molecule has 0 aliphatic heterocycles. The number of benzene rings is 1. The van der Waals surface area contributed by atoms with Crippen LogP contribution in [-0.4, -0.2) is 0 Å². The summed E-state index contributed by atoms with van der Waals surface area (Å²) in [5.41, 5.74) is 0.0450. The summed E-state index contributed by atoms with van der Waals surface area (Å²) in [5, 5.41) is 2.91. The van der Waals surface area contributed by atoms with Gasteiger partial charge in [-0.25, -0.2) is 0 Å². The quantitative estimate of drug-likeness (QED) is 0.646. The fourth-order valence-electron chi connectivity index (χ4n) is 0.796. The van der Waals surface area contributed by atoms with E-state index in [1.165, 1.54) is 4.90 Å². The molecular formula is C12H15ClS. The summed E-state index contributed by atoms with van der Waals surface area (Å²) in [6, 6.07) is 10.2. The van der Waals surface area contributed by atoms with Gasteiger partial charge in [-0.3, -0.25) is 0 Å². The maximum Gasteiger partial charge on any atom is 0.0300 e. The molecule has 1 rings (SSSR count). The Labute approximate surface area is 95.4 Å². The van der Waals surface area contributed by atoms with E-state index in [1.807, 2.05) is 23.6 Å². The zero-order chi connectivity index (χ0) is 10.6. The van der Waals surface area contributed by atoms with E-state index in [-0.39, 0.29) is 5.41 Å². The highest BCUT2D eigenvalue weighted by molar-refractivity contribution is 8.02. The van der Waals surface area contributed by atoms with Gasteiger partial charge < -0.3 is 0 Å². The van der Waals surface area contributed by atoms with Crippen LogP contribution in [0.5, 0.6) is 0 Å². The van der Waals surface area contributed by atoms with E-state index in [9.17, 15) is 0 Å². The van der Waals surface area contributed by atoms with Crippen molar-refractivity contribution in [3.63, 3.8) is 0 Å². The Balaban J connectivity index is 2.65. The van der Waals surface area contributed by atoms with Gasteiger partial charge in [0.2, 0.25) is 0 Å². The molecule has 0 heterocycles. The molecule has 0 saturated carbocycles. The van der Waals surface area contributed by atoms with Gasteiger partial charge in [0, 0.05) is 9.93 Å². The lowest BCUT2D eigenvalue weighted by molar-refractivity contribution is 0.532. The molecule has 2 heteroatoms. The maximum atomic E-state index is 6.15. The van der Waals surface area contributed by atoms with E-state index in [1.54, 1.807) is 11.8 Å². The van der Waals surface area contributed by atoms with Gasteiger partial charge >= 0.3 is 0 Å². The molecule has 14 heavy (non-hydrogen) atoms. The fraction of sp³-hybridized carbons (Fsp3) is 0.333. The van der Waals surface area contributed by atoms with Gasteiger partial charge in [-0.1, -0.05) is 62.3 Å². The molecular weight excluding hydrogens is 212 g/mol. The minimum absolute atomic E-state index is 0.0450. The van der Waals surface area contributed by atoms with Crippen molar-refractivity contribution in [2.45, 2.75) is 25.7 Å². The summed E-state index contributed by atoms with van der Waals surface area (Å²) in [4.78, 5) is 1.22. The van der Waals surface area contributed by atoms with Gasteiger partial charge in [0.15, 0.2) is 0 Å². The smallest absolute Gasteiger partial charge is 0.0300 e. The Kier molecular flexibility index (Phi) is 4.09. The fourth-order valence-corrected chi connectivity index (χ4v) is 1.84. The zero-order valence-corrected chi connectivity index (χ0v) is 10.3. The normalized spacial score (nSPS) is 13.0. The molecule has 1 aromatic rings. The van der Waals surface area contributed by atoms with Crippen LogP contribution < -0.4 is 0 Å². The molecule has 0 fully saturated rings. The summed E-state index contributed by atoms with van der Waals surface area (Å²) in [6.45, 7) is 6.33. The molecule has 0 aliphatic carbocycles. The van der Waals surface area contributed by atoms with E-state index < -0.39 is 0 Å². The maximum absolute atomic E-state index is 6.15. The van der Waals surface area contributed by atoms with Gasteiger partial charge in [-0.15, -0.1) is 0 Å². The highest BCUT2D eigenvalue weighted by Crippen LogP contribution is 2.32. The highest BCUT2D eigenvalue weighted by atomic mass is 35.5. The lowest BCUT2D eigenvalue weighted by Crippen LogP contribution is -2.03. The van der Waals surface area contributed by atoms with Gasteiger partial charge in [-0.2, -0.15) is 0 Å². The lowest BCUT2D eigenvalue weighted by Gasteiger charge is -2.16. The second-order valence-corrected chi connectivity index (χ2v) is 5.50. The van der Waals surface area contributed by atoms with E-state index in [0.29, 0.717) is 0 Å². The van der Waals surface area contributed by atoms with Crippen LogP contribution in [0, 0.1) is 5.41 Å². The predicted molar refractivity (Wildman–Crippen MR) is 65.7 cm³/mol. The van der Waals surface area contributed by atoms with Gasteiger partial charge in [-0.05, 0) is 23.0 Å². The first-order valence-electron chi connectivity index (χ1n) is 4.58. The molecule has 0 bridgehead atoms. The number of rotatable bonds is 2. The number of hydrogen-bond acceptors (Lipinski definition) is 1. The van der Waals surface area contributed by atoms with Crippen LogP contribution in [0.4, 0.5) is 0 Å². The molecule has 0 spiro atoms. The first kappa shape index (κ1) is 11.7. The minimum atomic E-state index is 0.0450. The van der Waals surface area contributed by atoms with Crippen LogP contribution in [0.1, 0.15) is 20.8 Å². The third kappa shape index (κ3) is 3.77. The van der Waals surface area contributed by atoms with E-state index in [4.69, 9.17) is 11.6 Å². The first-order valence-corrected chi connectivity index (χ1v) is 5.84. The number of thioether (sulfide) groups is 1. The van der Waals surface area contributed by atoms with Crippen molar-refractivity contribution in [3.05, 3.63) is 40.8 Å². The Bertz CT molecular complexity index is 309. The predicted octanol–water partition coefficient (Wildman–Crippen LogP) is 4.91. The van der Waals surface area contributed by atoms with Crippen LogP contribution in [-0.2, 0) is 0 Å². The summed E-state index contributed by atoms with van der Waals surface area (Å²) >= 11 is 7.81. The third-order valence-corrected chi connectivity index (χ3v) is 3.46. The molecule has 0 N–H and O–H groups in total. The monoisotopic (exact) mass is 226 g/mol. The van der Waals surface area contributed by atoms with E-state index in [0.717, 1.165) is 5.03 Å². The van der Waals surface area contributed by atoms with E-state index in [2.05, 4.69) is 32.9 Å². The number of allylic oxidation sites excluding steroid dienone is 1. The van der Waals surface area contributed by atoms with Gasteiger partial charge in [0.25, 0.3) is 0 Å². The molecule has 76 valence electrons. The average Bonchev–Trinajstić information content (AvgIpc) is 2.14. The van der Waals surface area contributed by atoms with Crippen molar-refractivity contribution < 1.29 is 0 Å². The molecule has 0 nitrogen and oxygen atoms in total. The van der Waals surface area contributed by atoms with E-state index >= 15 is 0 Å². The van der Waals surface area contributed by atoms with Crippen molar-refractivity contribution in [1.82, 2.24) is 0 Å². The summed E-state index contributed by atoms with van der Waals surface area (Å²) in [6.07, 6.45) is 0. The SMILES string of the molecule is CC(C)(C)/C(Cl)=C/Sc1ccccc1. The second kappa shape index (κ2) is 4.90. The molecule has 0 saturated heterocycles. The van der Waals surface area contributed by atoms with Gasteiger partial charge in [0.1, 0.15) is 0 Å². The molecule has 1 aromatic carbocycles. The molecule has 0 radical (unpaired) electrons. The van der Waals surface area contributed by atoms with Crippen LogP contribution in [0.15, 0.2) is 45.7 Å². The third-order valence-electron chi connectivity index (χ3n) is 1.76. The Hall–Kier alpha value is -0.400. The first-order chi connectivity index (χ1) is 6.50. The van der Waals surface area contributed by atoms with Crippen molar-refractivity contribution in [3.8, 4) is 0 Å².